The molecule has 1 aliphatic rings. The molecule has 0 aliphatic heterocycles. The monoisotopic (exact) mass is 279 g/mol. The second kappa shape index (κ2) is 6.56. The minimum atomic E-state index is -0.971. The molecule has 1 heterocycles. The molecule has 0 saturated heterocycles. The highest BCUT2D eigenvalue weighted by Gasteiger charge is 2.18. The van der Waals surface area contributed by atoms with Gasteiger partial charge in [-0.3, -0.25) is 0 Å². The average Bonchev–Trinajstić information content (AvgIpc) is 2.33. The van der Waals surface area contributed by atoms with Crippen LogP contribution >= 0.6 is 0 Å². The zero-order chi connectivity index (χ0) is 14.5. The Balaban J connectivity index is 2.06. The van der Waals surface area contributed by atoms with Crippen molar-refractivity contribution < 1.29 is 14.6 Å². The Morgan fingerprint density at radius 2 is 2.25 bits per heavy atom. The zero-order valence-corrected chi connectivity index (χ0v) is 11.9. The number of hydrogen-bond donors (Lipinski definition) is 2. The van der Waals surface area contributed by atoms with Gasteiger partial charge in [0.15, 0.2) is 0 Å². The van der Waals surface area contributed by atoms with Crippen molar-refractivity contribution in [3.05, 3.63) is 17.7 Å². The largest absolute Gasteiger partial charge is 0.478 e. The normalized spacial score (nSPS) is 14.9. The lowest BCUT2D eigenvalue weighted by Crippen LogP contribution is -2.27. The number of aromatic nitrogens is 1. The number of nitrogens with zero attached hydrogens (tertiary/aromatic N) is 2. The molecular weight excluding hydrogens is 258 g/mol. The molecule has 0 aromatic carbocycles. The van der Waals surface area contributed by atoms with E-state index in [0.717, 1.165) is 19.4 Å². The molecule has 2 rings (SSSR count). The Morgan fingerprint density at radius 1 is 1.50 bits per heavy atom. The molecule has 1 saturated carbocycles. The molecule has 2 N–H and O–H groups in total. The molecule has 0 radical (unpaired) electrons. The Morgan fingerprint density at radius 3 is 2.80 bits per heavy atom. The lowest BCUT2D eigenvalue weighted by molar-refractivity contribution is 0.0696. The molecule has 1 aromatic rings. The molecule has 110 valence electrons. The maximum atomic E-state index is 11.1. The fourth-order valence-corrected chi connectivity index (χ4v) is 1.87. The zero-order valence-electron chi connectivity index (χ0n) is 11.9. The van der Waals surface area contributed by atoms with Crippen LogP contribution in [0.4, 0.5) is 5.82 Å². The summed E-state index contributed by atoms with van der Waals surface area (Å²) in [6, 6.07) is 3.42. The van der Waals surface area contributed by atoms with Gasteiger partial charge >= 0.3 is 5.97 Å². The number of aromatic carboxylic acids is 1. The van der Waals surface area contributed by atoms with Crippen LogP contribution in [0.25, 0.3) is 0 Å². The van der Waals surface area contributed by atoms with Crippen molar-refractivity contribution in [2.75, 3.05) is 32.6 Å². The van der Waals surface area contributed by atoms with Gasteiger partial charge in [-0.15, -0.1) is 0 Å². The number of rotatable bonds is 7. The van der Waals surface area contributed by atoms with Crippen molar-refractivity contribution in [1.29, 1.82) is 0 Å². The van der Waals surface area contributed by atoms with Crippen molar-refractivity contribution >= 4 is 11.8 Å². The number of carbonyl (C=O) groups is 1. The van der Waals surface area contributed by atoms with Gasteiger partial charge in [0, 0.05) is 18.7 Å². The van der Waals surface area contributed by atoms with Gasteiger partial charge < -0.3 is 20.1 Å². The van der Waals surface area contributed by atoms with Crippen molar-refractivity contribution in [2.45, 2.75) is 25.3 Å². The van der Waals surface area contributed by atoms with Crippen LogP contribution in [0.5, 0.6) is 5.88 Å². The number of carboxylic acids is 1. The number of pyridine rings is 1. The predicted molar refractivity (Wildman–Crippen MR) is 76.5 cm³/mol. The highest BCUT2D eigenvalue weighted by Crippen LogP contribution is 2.24. The first-order valence-corrected chi connectivity index (χ1v) is 6.84. The van der Waals surface area contributed by atoms with Crippen LogP contribution in [0.2, 0.25) is 0 Å². The summed E-state index contributed by atoms with van der Waals surface area (Å²) < 4.78 is 5.53. The standard InChI is InChI=1S/C14H21N3O3/c1-17(2)6-7-20-13-9-10(14(18)19)8-12(16-13)15-11-4-3-5-11/h8-9,11H,3-7H2,1-2H3,(H,15,16)(H,18,19). The fraction of sp³-hybridized carbons (Fsp3) is 0.571. The first-order chi connectivity index (χ1) is 9.54. The molecule has 1 aliphatic carbocycles. The van der Waals surface area contributed by atoms with Crippen LogP contribution in [-0.2, 0) is 0 Å². The summed E-state index contributed by atoms with van der Waals surface area (Å²) >= 11 is 0. The predicted octanol–water partition coefficient (Wildman–Crippen LogP) is 1.68. The first kappa shape index (κ1) is 14.6. The van der Waals surface area contributed by atoms with E-state index in [9.17, 15) is 4.79 Å². The van der Waals surface area contributed by atoms with E-state index in [4.69, 9.17) is 9.84 Å². The van der Waals surface area contributed by atoms with Crippen LogP contribution in [0, 0.1) is 0 Å². The molecule has 0 unspecified atom stereocenters. The number of ether oxygens (including phenoxy) is 1. The number of hydrogen-bond acceptors (Lipinski definition) is 5. The van der Waals surface area contributed by atoms with E-state index in [-0.39, 0.29) is 5.56 Å². The van der Waals surface area contributed by atoms with Gasteiger partial charge in [0.05, 0.1) is 5.56 Å². The van der Waals surface area contributed by atoms with E-state index in [1.54, 1.807) is 6.07 Å². The maximum absolute atomic E-state index is 11.1. The van der Waals surface area contributed by atoms with Gasteiger partial charge in [0.25, 0.3) is 0 Å². The molecule has 20 heavy (non-hydrogen) atoms. The second-order valence-electron chi connectivity index (χ2n) is 5.31. The Bertz CT molecular complexity index is 473. The summed E-state index contributed by atoms with van der Waals surface area (Å²) in [6.45, 7) is 1.23. The number of carboxylic acid groups (broad SMARTS) is 1. The van der Waals surface area contributed by atoms with E-state index in [1.165, 1.54) is 12.5 Å². The van der Waals surface area contributed by atoms with Gasteiger partial charge in [-0.1, -0.05) is 0 Å². The fourth-order valence-electron chi connectivity index (χ4n) is 1.87. The Labute approximate surface area is 118 Å². The van der Waals surface area contributed by atoms with Crippen molar-refractivity contribution in [3.8, 4) is 5.88 Å². The van der Waals surface area contributed by atoms with Gasteiger partial charge in [0.2, 0.25) is 5.88 Å². The van der Waals surface area contributed by atoms with E-state index < -0.39 is 5.97 Å². The molecular formula is C14H21N3O3. The minimum absolute atomic E-state index is 0.196. The highest BCUT2D eigenvalue weighted by molar-refractivity contribution is 5.88. The third-order valence-corrected chi connectivity index (χ3v) is 3.29. The minimum Gasteiger partial charge on any atom is -0.478 e. The van der Waals surface area contributed by atoms with Crippen LogP contribution in [0.3, 0.4) is 0 Å². The molecule has 6 heteroatoms. The smallest absolute Gasteiger partial charge is 0.336 e. The third-order valence-electron chi connectivity index (χ3n) is 3.29. The molecule has 1 fully saturated rings. The molecule has 0 spiro atoms. The van der Waals surface area contributed by atoms with Crippen LogP contribution < -0.4 is 10.1 Å². The summed E-state index contributed by atoms with van der Waals surface area (Å²) in [5.41, 5.74) is 0.196. The summed E-state index contributed by atoms with van der Waals surface area (Å²) in [5, 5.41) is 12.4. The molecule has 1 aromatic heterocycles. The lowest BCUT2D eigenvalue weighted by Gasteiger charge is -2.27. The van der Waals surface area contributed by atoms with E-state index in [0.29, 0.717) is 24.3 Å². The second-order valence-corrected chi connectivity index (χ2v) is 5.31. The third kappa shape index (κ3) is 4.09. The molecule has 0 atom stereocenters. The van der Waals surface area contributed by atoms with Crippen molar-refractivity contribution in [2.24, 2.45) is 0 Å². The number of nitrogens with one attached hydrogen (secondary N) is 1. The van der Waals surface area contributed by atoms with Gasteiger partial charge in [-0.25, -0.2) is 4.79 Å². The molecule has 0 amide bonds. The van der Waals surface area contributed by atoms with Gasteiger partial charge in [0.1, 0.15) is 12.4 Å². The lowest BCUT2D eigenvalue weighted by atomic mass is 9.93. The van der Waals surface area contributed by atoms with Crippen LogP contribution in [-0.4, -0.2) is 54.2 Å². The van der Waals surface area contributed by atoms with E-state index in [2.05, 4.69) is 10.3 Å². The molecule has 0 bridgehead atoms. The maximum Gasteiger partial charge on any atom is 0.336 e. The topological polar surface area (TPSA) is 74.7 Å². The summed E-state index contributed by atoms with van der Waals surface area (Å²) in [6.07, 6.45) is 3.42. The quantitative estimate of drug-likeness (QED) is 0.791. The van der Waals surface area contributed by atoms with E-state index in [1.807, 2.05) is 19.0 Å². The van der Waals surface area contributed by atoms with Crippen molar-refractivity contribution in [1.82, 2.24) is 9.88 Å². The van der Waals surface area contributed by atoms with Crippen LogP contribution in [0.1, 0.15) is 29.6 Å². The Hall–Kier alpha value is -1.82. The highest BCUT2D eigenvalue weighted by atomic mass is 16.5. The molecule has 6 nitrogen and oxygen atoms in total. The Kier molecular flexibility index (Phi) is 4.79. The number of anilines is 1. The van der Waals surface area contributed by atoms with Crippen LogP contribution in [0.15, 0.2) is 12.1 Å². The number of likely N-dealkylation sites (N-methyl/N-ethyl adjacent to an activating group) is 1. The summed E-state index contributed by atoms with van der Waals surface area (Å²) in [7, 11) is 3.90. The van der Waals surface area contributed by atoms with Gasteiger partial charge in [-0.05, 0) is 39.4 Å². The summed E-state index contributed by atoms with van der Waals surface area (Å²) in [5.74, 6) is -0.0375. The van der Waals surface area contributed by atoms with E-state index >= 15 is 0 Å². The SMILES string of the molecule is CN(C)CCOc1cc(C(=O)O)cc(NC2CCC2)n1. The van der Waals surface area contributed by atoms with Crippen molar-refractivity contribution in [3.63, 3.8) is 0 Å². The average molecular weight is 279 g/mol. The summed E-state index contributed by atoms with van der Waals surface area (Å²) in [4.78, 5) is 17.5. The van der Waals surface area contributed by atoms with Gasteiger partial charge in [-0.2, -0.15) is 4.98 Å². The first-order valence-electron chi connectivity index (χ1n) is 6.84.